The Morgan fingerprint density at radius 3 is 1.19 bits per heavy atom. The Morgan fingerprint density at radius 1 is 0.413 bits per heavy atom. The van der Waals surface area contributed by atoms with Crippen LogP contribution in [-0.4, -0.2) is 137 Å². The van der Waals surface area contributed by atoms with Crippen LogP contribution in [0.15, 0.2) is 24.3 Å². The number of unbranched alkanes of at least 4 members (excludes halogenated alkanes) is 1. The van der Waals surface area contributed by atoms with Crippen LogP contribution in [0.4, 0.5) is 0 Å². The summed E-state index contributed by atoms with van der Waals surface area (Å²) < 4.78 is 31.4. The molecule has 18 heteroatoms. The second kappa shape index (κ2) is 38.2. The van der Waals surface area contributed by atoms with E-state index >= 15 is 0 Å². The van der Waals surface area contributed by atoms with E-state index in [2.05, 4.69) is 26.6 Å². The average Bonchev–Trinajstić information content (AvgIpc) is 3.21. The lowest BCUT2D eigenvalue weighted by atomic mass is 10.1. The Bertz CT molecular complexity index is 1390. The van der Waals surface area contributed by atoms with Crippen molar-refractivity contribution in [1.82, 2.24) is 26.6 Å². The number of carbonyl (C=O) groups is 7. The number of carbonyl (C=O) groups excluding carboxylic acids is 7. The van der Waals surface area contributed by atoms with Gasteiger partial charge in [0.05, 0.1) is 56.3 Å². The summed E-state index contributed by atoms with van der Waals surface area (Å²) in [5.74, 6) is -1.44. The van der Waals surface area contributed by atoms with E-state index in [0.717, 1.165) is 12.8 Å². The smallest absolute Gasteiger partial charge is 0.253 e. The molecule has 0 fully saturated rings. The van der Waals surface area contributed by atoms with Gasteiger partial charge in [-0.3, -0.25) is 33.6 Å². The summed E-state index contributed by atoms with van der Waals surface area (Å²) in [6, 6.07) is 6.40. The molecule has 0 bridgehead atoms. The molecule has 0 atom stereocenters. The third-order valence-electron chi connectivity index (χ3n) is 7.58. The van der Waals surface area contributed by atoms with Gasteiger partial charge in [-0.05, 0) is 120 Å². The van der Waals surface area contributed by atoms with Gasteiger partial charge < -0.3 is 55.0 Å². The average molecular weight is 898 g/mol. The maximum Gasteiger partial charge on any atom is 0.253 e. The quantitative estimate of drug-likeness (QED) is 0.0524. The molecule has 362 valence electrons. The lowest BCUT2D eigenvalue weighted by molar-refractivity contribution is -0.130. The fraction of sp³-hybridized carbons (Fsp3) is 0.711. The third-order valence-corrected chi connectivity index (χ3v) is 7.58. The number of rotatable bonds is 31. The van der Waals surface area contributed by atoms with Crippen LogP contribution in [-0.2, 0) is 52.4 Å². The molecule has 63 heavy (non-hydrogen) atoms. The summed E-state index contributed by atoms with van der Waals surface area (Å²) in [5.41, 5.74) is 0.949. The maximum absolute atomic E-state index is 11.8. The zero-order valence-electron chi connectivity index (χ0n) is 40.0. The zero-order chi connectivity index (χ0) is 48.2. The van der Waals surface area contributed by atoms with Crippen molar-refractivity contribution in [3.63, 3.8) is 0 Å². The van der Waals surface area contributed by atoms with Gasteiger partial charge in [0.2, 0.25) is 17.7 Å². The van der Waals surface area contributed by atoms with Gasteiger partial charge >= 0.3 is 0 Å². The molecule has 0 aliphatic heterocycles. The van der Waals surface area contributed by atoms with Gasteiger partial charge in [0.25, 0.3) is 11.8 Å². The number of Topliss-reactive ketones (excluding diaryl/α,β-unsaturated/α-hetero) is 2. The summed E-state index contributed by atoms with van der Waals surface area (Å²) in [7, 11) is 0. The van der Waals surface area contributed by atoms with Crippen LogP contribution < -0.4 is 26.6 Å². The van der Waals surface area contributed by atoms with E-state index in [0.29, 0.717) is 37.3 Å². The lowest BCUT2D eigenvalue weighted by Crippen LogP contribution is -2.33. The molecule has 1 rings (SSSR count). The first kappa shape index (κ1) is 60.8. The fourth-order valence-electron chi connectivity index (χ4n) is 4.21. The van der Waals surface area contributed by atoms with Crippen molar-refractivity contribution in [2.75, 3.05) is 59.5 Å². The topological polar surface area (TPSA) is 235 Å². The fourth-order valence-corrected chi connectivity index (χ4v) is 4.21. The first-order chi connectivity index (χ1) is 29.6. The Kier molecular flexibility index (Phi) is 36.8. The van der Waals surface area contributed by atoms with Gasteiger partial charge in [0, 0.05) is 43.5 Å². The van der Waals surface area contributed by atoms with E-state index in [9.17, 15) is 33.6 Å². The minimum atomic E-state index is -0.329. The van der Waals surface area contributed by atoms with Crippen molar-refractivity contribution in [3.05, 3.63) is 35.4 Å². The summed E-state index contributed by atoms with van der Waals surface area (Å²) in [4.78, 5) is 80.8. The maximum atomic E-state index is 11.8. The summed E-state index contributed by atoms with van der Waals surface area (Å²) >= 11 is 0. The van der Waals surface area contributed by atoms with Gasteiger partial charge in [-0.2, -0.15) is 0 Å². The van der Waals surface area contributed by atoms with Crippen LogP contribution in [0.25, 0.3) is 0 Å². The summed E-state index contributed by atoms with van der Waals surface area (Å²) in [6.07, 6.45) is 2.75. The highest BCUT2D eigenvalue weighted by atomic mass is 16.5. The first-order valence-electron chi connectivity index (χ1n) is 21.8. The molecule has 0 aromatic heterocycles. The van der Waals surface area contributed by atoms with Crippen molar-refractivity contribution in [2.45, 2.75) is 152 Å². The molecule has 0 aliphatic rings. The largest absolute Gasteiger partial charge is 0.379 e. The van der Waals surface area contributed by atoms with Crippen molar-refractivity contribution < 1.29 is 62.0 Å². The SMILES string of the molecule is CC(C)OCCC(=O)CNC(=O)COC(C)C.CC(C)OCCCCNC(=O)CCC(=O)CNC(=O)COC(C)C.CC(C)OCNC(=O)c1ccc(C(=O)NCOC(C)C)cc1. The number of ether oxygens (including phenoxy) is 6. The Balaban J connectivity index is 0. The van der Waals surface area contributed by atoms with E-state index in [-0.39, 0.29) is 130 Å². The zero-order valence-corrected chi connectivity index (χ0v) is 40.0. The summed E-state index contributed by atoms with van der Waals surface area (Å²) in [5, 5.41) is 13.0. The predicted octanol–water partition coefficient (Wildman–Crippen LogP) is 4.02. The van der Waals surface area contributed by atoms with Gasteiger partial charge in [-0.1, -0.05) is 0 Å². The van der Waals surface area contributed by atoms with E-state index in [1.807, 2.05) is 83.1 Å². The Morgan fingerprint density at radius 2 is 0.794 bits per heavy atom. The number of nitrogens with one attached hydrogen (secondary N) is 5. The highest BCUT2D eigenvalue weighted by Gasteiger charge is 2.11. The van der Waals surface area contributed by atoms with Crippen molar-refractivity contribution >= 4 is 41.1 Å². The van der Waals surface area contributed by atoms with E-state index in [1.54, 1.807) is 24.3 Å². The van der Waals surface area contributed by atoms with Gasteiger partial charge in [0.1, 0.15) is 26.7 Å². The number of amides is 5. The highest BCUT2D eigenvalue weighted by molar-refractivity contribution is 5.97. The molecule has 0 saturated carbocycles. The minimum Gasteiger partial charge on any atom is -0.379 e. The monoisotopic (exact) mass is 898 g/mol. The van der Waals surface area contributed by atoms with Crippen molar-refractivity contribution in [1.29, 1.82) is 0 Å². The summed E-state index contributed by atoms with van der Waals surface area (Å²) in [6.45, 7) is 24.6. The predicted molar refractivity (Wildman–Crippen MR) is 240 cm³/mol. The Labute approximate surface area is 375 Å². The number of ketones is 2. The number of hydrogen-bond acceptors (Lipinski definition) is 13. The standard InChI is InChI=1S/C17H32N2O5.C16H24N2O4.C12H23NO4/c1-13(2)23-10-6-5-9-18-16(21)8-7-15(20)11-19-17(22)12-24-14(3)4;1-11(2)21-9-17-15(19)13-5-7-14(8-6-13)16(20)18-10-22-12(3)4;1-9(2)16-6-5-11(14)7-13-12(15)8-17-10(3)4/h13-14H,5-12H2,1-4H3,(H,18,21)(H,19,22);5-8,11-12H,9-10H2,1-4H3,(H,17,19)(H,18,20);9-10H,5-8H2,1-4H3,(H,13,15). The third kappa shape index (κ3) is 41.4. The van der Waals surface area contributed by atoms with Crippen molar-refractivity contribution in [3.8, 4) is 0 Å². The van der Waals surface area contributed by atoms with Crippen LogP contribution in [0.5, 0.6) is 0 Å². The molecule has 0 aliphatic carbocycles. The van der Waals surface area contributed by atoms with Crippen molar-refractivity contribution in [2.24, 2.45) is 0 Å². The van der Waals surface area contributed by atoms with Gasteiger partial charge in [-0.15, -0.1) is 0 Å². The van der Waals surface area contributed by atoms with Crippen LogP contribution in [0.2, 0.25) is 0 Å². The van der Waals surface area contributed by atoms with Crippen LogP contribution >= 0.6 is 0 Å². The molecular weight excluding hydrogens is 819 g/mol. The molecule has 18 nitrogen and oxygen atoms in total. The first-order valence-corrected chi connectivity index (χ1v) is 21.8. The van der Waals surface area contributed by atoms with E-state index < -0.39 is 0 Å². The molecule has 5 amide bonds. The molecule has 5 N–H and O–H groups in total. The number of benzene rings is 1. The lowest BCUT2D eigenvalue weighted by Gasteiger charge is -2.10. The Hall–Kier alpha value is -4.33. The molecule has 0 saturated heterocycles. The van der Waals surface area contributed by atoms with E-state index in [4.69, 9.17) is 28.4 Å². The molecule has 1 aromatic carbocycles. The molecule has 0 spiro atoms. The second-order valence-corrected chi connectivity index (χ2v) is 15.8. The molecular formula is C45H79N5O13. The normalized spacial score (nSPS) is 10.9. The van der Waals surface area contributed by atoms with Crippen LogP contribution in [0, 0.1) is 0 Å². The molecule has 0 heterocycles. The molecule has 0 unspecified atom stereocenters. The minimum absolute atomic E-state index is 0.00651. The molecule has 1 aromatic rings. The second-order valence-electron chi connectivity index (χ2n) is 15.8. The number of hydrogen-bond donors (Lipinski definition) is 5. The highest BCUT2D eigenvalue weighted by Crippen LogP contribution is 2.05. The van der Waals surface area contributed by atoms with Gasteiger partial charge in [-0.25, -0.2) is 0 Å². The molecule has 0 radical (unpaired) electrons. The van der Waals surface area contributed by atoms with Crippen LogP contribution in [0.1, 0.15) is 136 Å². The van der Waals surface area contributed by atoms with Crippen LogP contribution in [0.3, 0.4) is 0 Å². The van der Waals surface area contributed by atoms with E-state index in [1.165, 1.54) is 0 Å². The van der Waals surface area contributed by atoms with Gasteiger partial charge in [0.15, 0.2) is 11.6 Å².